The van der Waals surface area contributed by atoms with Gasteiger partial charge in [-0.1, -0.05) is 30.3 Å². The van der Waals surface area contributed by atoms with Crippen molar-refractivity contribution < 1.29 is 9.18 Å². The molecule has 0 unspecified atom stereocenters. The quantitative estimate of drug-likeness (QED) is 0.370. The van der Waals surface area contributed by atoms with Crippen LogP contribution in [0.15, 0.2) is 79.1 Å². The Morgan fingerprint density at radius 3 is 2.54 bits per heavy atom. The largest absolute Gasteiger partial charge is 0.344 e. The van der Waals surface area contributed by atoms with E-state index < -0.39 is 0 Å². The number of aromatic nitrogens is 2. The van der Waals surface area contributed by atoms with Crippen LogP contribution in [0.3, 0.4) is 0 Å². The summed E-state index contributed by atoms with van der Waals surface area (Å²) in [6.45, 7) is 3.11. The molecule has 0 bridgehead atoms. The number of amides is 1. The van der Waals surface area contributed by atoms with Crippen molar-refractivity contribution in [3.8, 4) is 0 Å². The summed E-state index contributed by atoms with van der Waals surface area (Å²) in [6, 6.07) is 21.4. The van der Waals surface area contributed by atoms with Crippen molar-refractivity contribution in [1.29, 1.82) is 0 Å². The SMILES string of the molecule is CN(C(=O)Cc1ccc2ccn(C3CCN(CCc4ccc(F)cc4)CC3)c2c1)c1ccccn1. The number of hydrogen-bond donors (Lipinski definition) is 0. The van der Waals surface area contributed by atoms with Crippen LogP contribution in [0.4, 0.5) is 10.2 Å². The number of carbonyl (C=O) groups excluding carboxylic acids is 1. The fraction of sp³-hybridized carbons (Fsp3) is 0.310. The topological polar surface area (TPSA) is 41.4 Å². The second kappa shape index (κ2) is 10.4. The molecule has 180 valence electrons. The van der Waals surface area contributed by atoms with Gasteiger partial charge in [0.25, 0.3) is 0 Å². The molecule has 5 rings (SSSR count). The highest BCUT2D eigenvalue weighted by Crippen LogP contribution is 2.29. The van der Waals surface area contributed by atoms with Crippen LogP contribution < -0.4 is 4.90 Å². The number of piperidine rings is 1. The summed E-state index contributed by atoms with van der Waals surface area (Å²) in [5.74, 6) is 0.505. The van der Waals surface area contributed by atoms with E-state index >= 15 is 0 Å². The Kier molecular flexibility index (Phi) is 6.91. The molecule has 0 aliphatic carbocycles. The van der Waals surface area contributed by atoms with E-state index in [1.807, 2.05) is 30.3 Å². The zero-order valence-electron chi connectivity index (χ0n) is 20.1. The first kappa shape index (κ1) is 23.2. The van der Waals surface area contributed by atoms with Gasteiger partial charge in [-0.05, 0) is 72.2 Å². The molecule has 1 fully saturated rings. The van der Waals surface area contributed by atoms with Crippen LogP contribution in [0, 0.1) is 5.82 Å². The highest BCUT2D eigenvalue weighted by atomic mass is 19.1. The van der Waals surface area contributed by atoms with E-state index in [-0.39, 0.29) is 11.7 Å². The smallest absolute Gasteiger partial charge is 0.232 e. The fourth-order valence-corrected chi connectivity index (χ4v) is 4.96. The third kappa shape index (κ3) is 5.43. The second-order valence-corrected chi connectivity index (χ2v) is 9.38. The summed E-state index contributed by atoms with van der Waals surface area (Å²) in [5, 5.41) is 1.21. The van der Waals surface area contributed by atoms with E-state index in [0.29, 0.717) is 18.3 Å². The normalized spacial score (nSPS) is 14.9. The molecule has 1 aliphatic heterocycles. The van der Waals surface area contributed by atoms with Crippen molar-refractivity contribution in [2.75, 3.05) is 31.6 Å². The molecule has 0 N–H and O–H groups in total. The number of fused-ring (bicyclic) bond motifs is 1. The Labute approximate surface area is 205 Å². The number of likely N-dealkylation sites (N-methyl/N-ethyl adjacent to an activating group) is 1. The van der Waals surface area contributed by atoms with Crippen molar-refractivity contribution in [3.05, 3.63) is 96.1 Å². The van der Waals surface area contributed by atoms with Crippen molar-refractivity contribution in [2.45, 2.75) is 31.7 Å². The summed E-state index contributed by atoms with van der Waals surface area (Å²) in [7, 11) is 1.77. The van der Waals surface area contributed by atoms with E-state index in [2.05, 4.69) is 44.9 Å². The van der Waals surface area contributed by atoms with Crippen LogP contribution in [0.5, 0.6) is 0 Å². The standard InChI is InChI=1S/C29H31FN4O/c1-32(28-4-2-3-15-31-28)29(35)21-23-5-8-24-12-19-34(27(24)20-23)26-13-17-33(18-14-26)16-11-22-6-9-25(30)10-7-22/h2-10,12,15,19-20,26H,11,13-14,16-18,21H2,1H3. The molecule has 2 aromatic carbocycles. The van der Waals surface area contributed by atoms with Gasteiger partial charge in [-0.25, -0.2) is 9.37 Å². The second-order valence-electron chi connectivity index (χ2n) is 9.38. The predicted octanol–water partition coefficient (Wildman–Crippen LogP) is 5.26. The van der Waals surface area contributed by atoms with Crippen molar-refractivity contribution in [2.24, 2.45) is 0 Å². The first-order valence-electron chi connectivity index (χ1n) is 12.3. The lowest BCUT2D eigenvalue weighted by Gasteiger charge is -2.33. The minimum atomic E-state index is -0.179. The molecule has 0 spiro atoms. The monoisotopic (exact) mass is 470 g/mol. The van der Waals surface area contributed by atoms with Crippen LogP contribution in [-0.4, -0.2) is 47.0 Å². The molecule has 35 heavy (non-hydrogen) atoms. The molecule has 0 radical (unpaired) electrons. The molecule has 5 nitrogen and oxygen atoms in total. The molecule has 0 atom stereocenters. The van der Waals surface area contributed by atoms with Gasteiger partial charge >= 0.3 is 0 Å². The first-order chi connectivity index (χ1) is 17.1. The Morgan fingerprint density at radius 2 is 1.80 bits per heavy atom. The molecular weight excluding hydrogens is 439 g/mol. The highest BCUT2D eigenvalue weighted by molar-refractivity contribution is 5.94. The number of likely N-dealkylation sites (tertiary alicyclic amines) is 1. The summed E-state index contributed by atoms with van der Waals surface area (Å²) in [6.07, 6.45) is 7.37. The van der Waals surface area contributed by atoms with Gasteiger partial charge in [0, 0.05) is 50.6 Å². The molecule has 1 amide bonds. The zero-order valence-corrected chi connectivity index (χ0v) is 20.1. The highest BCUT2D eigenvalue weighted by Gasteiger charge is 2.22. The van der Waals surface area contributed by atoms with Crippen molar-refractivity contribution >= 4 is 22.6 Å². The molecular formula is C29H31FN4O. The van der Waals surface area contributed by atoms with Gasteiger partial charge < -0.3 is 9.47 Å². The van der Waals surface area contributed by atoms with Crippen LogP contribution in [0.25, 0.3) is 10.9 Å². The van der Waals surface area contributed by atoms with Crippen LogP contribution in [-0.2, 0) is 17.6 Å². The lowest BCUT2D eigenvalue weighted by atomic mass is 10.0. The Balaban J connectivity index is 1.21. The van der Waals surface area contributed by atoms with Crippen LogP contribution in [0.1, 0.15) is 30.0 Å². The van der Waals surface area contributed by atoms with Gasteiger partial charge in [-0.2, -0.15) is 0 Å². The Hall–Kier alpha value is -3.51. The maximum absolute atomic E-state index is 13.1. The lowest BCUT2D eigenvalue weighted by molar-refractivity contribution is -0.117. The predicted molar refractivity (Wildman–Crippen MR) is 138 cm³/mol. The maximum atomic E-state index is 13.1. The summed E-state index contributed by atoms with van der Waals surface area (Å²) < 4.78 is 15.5. The minimum Gasteiger partial charge on any atom is -0.344 e. The minimum absolute atomic E-state index is 0.0237. The molecule has 4 aromatic rings. The number of rotatable bonds is 7. The first-order valence-corrected chi connectivity index (χ1v) is 12.3. The maximum Gasteiger partial charge on any atom is 0.232 e. The van der Waals surface area contributed by atoms with Gasteiger partial charge in [-0.15, -0.1) is 0 Å². The molecule has 2 aromatic heterocycles. The van der Waals surface area contributed by atoms with E-state index in [9.17, 15) is 9.18 Å². The van der Waals surface area contributed by atoms with E-state index in [4.69, 9.17) is 0 Å². The molecule has 1 saturated heterocycles. The number of benzene rings is 2. The molecule has 3 heterocycles. The third-order valence-corrected chi connectivity index (χ3v) is 7.09. The van der Waals surface area contributed by atoms with E-state index in [1.54, 1.807) is 18.1 Å². The number of nitrogens with zero attached hydrogens (tertiary/aromatic N) is 4. The lowest BCUT2D eigenvalue weighted by Crippen LogP contribution is -2.35. The van der Waals surface area contributed by atoms with Gasteiger partial charge in [0.2, 0.25) is 5.91 Å². The van der Waals surface area contributed by atoms with Crippen LogP contribution in [0.2, 0.25) is 0 Å². The number of anilines is 1. The zero-order chi connectivity index (χ0) is 24.2. The van der Waals surface area contributed by atoms with Crippen molar-refractivity contribution in [3.63, 3.8) is 0 Å². The Morgan fingerprint density at radius 1 is 1.03 bits per heavy atom. The van der Waals surface area contributed by atoms with Gasteiger partial charge in [0.1, 0.15) is 11.6 Å². The van der Waals surface area contributed by atoms with Crippen LogP contribution >= 0.6 is 0 Å². The fourth-order valence-electron chi connectivity index (χ4n) is 4.96. The van der Waals surface area contributed by atoms with Crippen molar-refractivity contribution in [1.82, 2.24) is 14.5 Å². The number of pyridine rings is 1. The number of halogens is 1. The summed E-state index contributed by atoms with van der Waals surface area (Å²) in [4.78, 5) is 21.2. The number of carbonyl (C=O) groups is 1. The molecule has 0 saturated carbocycles. The Bertz CT molecular complexity index is 1280. The summed E-state index contributed by atoms with van der Waals surface area (Å²) in [5.41, 5.74) is 3.39. The molecule has 6 heteroatoms. The third-order valence-electron chi connectivity index (χ3n) is 7.09. The molecule has 1 aliphatic rings. The van der Waals surface area contributed by atoms with E-state index in [0.717, 1.165) is 44.5 Å². The van der Waals surface area contributed by atoms with Gasteiger partial charge in [-0.3, -0.25) is 9.69 Å². The average molecular weight is 471 g/mol. The van der Waals surface area contributed by atoms with Gasteiger partial charge in [0.05, 0.1) is 6.42 Å². The number of hydrogen-bond acceptors (Lipinski definition) is 3. The summed E-state index contributed by atoms with van der Waals surface area (Å²) >= 11 is 0. The average Bonchev–Trinajstić information content (AvgIpc) is 3.32. The van der Waals surface area contributed by atoms with Gasteiger partial charge in [0.15, 0.2) is 0 Å². The van der Waals surface area contributed by atoms with E-state index in [1.165, 1.54) is 28.6 Å².